The highest BCUT2D eigenvalue weighted by Gasteiger charge is 2.04. The van der Waals surface area contributed by atoms with Gasteiger partial charge in [-0.05, 0) is 24.1 Å². The Morgan fingerprint density at radius 2 is 1.78 bits per heavy atom. The first kappa shape index (κ1) is 12.8. The molecule has 2 aromatic heterocycles. The van der Waals surface area contributed by atoms with Crippen LogP contribution in [0.4, 0.5) is 5.95 Å². The van der Waals surface area contributed by atoms with Crippen LogP contribution in [0.3, 0.4) is 0 Å². The van der Waals surface area contributed by atoms with Crippen LogP contribution in [0.1, 0.15) is 11.1 Å². The lowest BCUT2D eigenvalue weighted by atomic mass is 10.2. The number of aromatic nitrogens is 3. The molecule has 2 aromatic rings. The number of hydrogen-bond donors (Lipinski definition) is 0. The van der Waals surface area contributed by atoms with E-state index in [0.717, 1.165) is 24.5 Å². The summed E-state index contributed by atoms with van der Waals surface area (Å²) in [5.41, 5.74) is 2.19. The van der Waals surface area contributed by atoms with E-state index in [-0.39, 0.29) is 0 Å². The summed E-state index contributed by atoms with van der Waals surface area (Å²) in [5, 5.41) is 0. The Balaban J connectivity index is 1.93. The molecule has 0 aliphatic rings. The van der Waals surface area contributed by atoms with Gasteiger partial charge in [0.15, 0.2) is 0 Å². The average molecular weight is 263 g/mol. The molecular formula is C13H15ClN4. The van der Waals surface area contributed by atoms with Crippen LogP contribution in [-0.2, 0) is 12.3 Å². The number of halogens is 1. The maximum Gasteiger partial charge on any atom is 0.225 e. The molecule has 0 aliphatic carbocycles. The minimum Gasteiger partial charge on any atom is -0.344 e. The second-order valence-electron chi connectivity index (χ2n) is 4.05. The van der Waals surface area contributed by atoms with Gasteiger partial charge in [0, 0.05) is 43.9 Å². The van der Waals surface area contributed by atoms with E-state index in [2.05, 4.69) is 15.0 Å². The van der Waals surface area contributed by atoms with Crippen LogP contribution in [0.15, 0.2) is 36.9 Å². The van der Waals surface area contributed by atoms with Gasteiger partial charge in [-0.1, -0.05) is 0 Å². The van der Waals surface area contributed by atoms with Crippen molar-refractivity contribution in [3.63, 3.8) is 0 Å². The van der Waals surface area contributed by atoms with E-state index in [4.69, 9.17) is 11.6 Å². The molecule has 0 N–H and O–H groups in total. The maximum absolute atomic E-state index is 5.70. The lowest BCUT2D eigenvalue weighted by molar-refractivity contribution is 0.834. The number of alkyl halides is 1. The summed E-state index contributed by atoms with van der Waals surface area (Å²) in [6.45, 7) is 0.865. The SMILES string of the molecule is CN(CCc1ccncc1)c1ncc(CCl)cn1. The van der Waals surface area contributed by atoms with E-state index in [1.54, 1.807) is 24.8 Å². The highest BCUT2D eigenvalue weighted by Crippen LogP contribution is 2.08. The molecule has 2 rings (SSSR count). The highest BCUT2D eigenvalue weighted by atomic mass is 35.5. The number of nitrogens with zero attached hydrogens (tertiary/aromatic N) is 4. The first-order valence-electron chi connectivity index (χ1n) is 5.76. The van der Waals surface area contributed by atoms with Crippen molar-refractivity contribution in [3.05, 3.63) is 48.0 Å². The first-order valence-corrected chi connectivity index (χ1v) is 6.30. The molecule has 0 atom stereocenters. The molecule has 0 spiro atoms. The molecule has 0 unspecified atom stereocenters. The Morgan fingerprint density at radius 3 is 2.39 bits per heavy atom. The molecule has 94 valence electrons. The zero-order valence-electron chi connectivity index (χ0n) is 10.3. The maximum atomic E-state index is 5.70. The molecule has 0 saturated carbocycles. The third-order valence-electron chi connectivity index (χ3n) is 2.67. The summed E-state index contributed by atoms with van der Waals surface area (Å²) in [5.74, 6) is 1.17. The summed E-state index contributed by atoms with van der Waals surface area (Å²) in [6.07, 6.45) is 8.08. The van der Waals surface area contributed by atoms with Crippen LogP contribution >= 0.6 is 11.6 Å². The van der Waals surface area contributed by atoms with Crippen molar-refractivity contribution in [2.24, 2.45) is 0 Å². The van der Waals surface area contributed by atoms with Gasteiger partial charge in [0.2, 0.25) is 5.95 Å². The fourth-order valence-corrected chi connectivity index (χ4v) is 1.70. The predicted molar refractivity (Wildman–Crippen MR) is 72.8 cm³/mol. The van der Waals surface area contributed by atoms with Gasteiger partial charge in [-0.2, -0.15) is 0 Å². The van der Waals surface area contributed by atoms with Gasteiger partial charge in [0.05, 0.1) is 5.88 Å². The fraction of sp³-hybridized carbons (Fsp3) is 0.308. The van der Waals surface area contributed by atoms with Gasteiger partial charge in [-0.25, -0.2) is 9.97 Å². The third-order valence-corrected chi connectivity index (χ3v) is 2.98. The number of rotatable bonds is 5. The molecule has 4 nitrogen and oxygen atoms in total. The monoisotopic (exact) mass is 262 g/mol. The van der Waals surface area contributed by atoms with Crippen LogP contribution in [-0.4, -0.2) is 28.5 Å². The van der Waals surface area contributed by atoms with Crippen molar-refractivity contribution in [2.75, 3.05) is 18.5 Å². The second-order valence-corrected chi connectivity index (χ2v) is 4.32. The number of pyridine rings is 1. The van der Waals surface area contributed by atoms with Crippen molar-refractivity contribution < 1.29 is 0 Å². The van der Waals surface area contributed by atoms with E-state index in [1.165, 1.54) is 5.56 Å². The Morgan fingerprint density at radius 1 is 1.11 bits per heavy atom. The van der Waals surface area contributed by atoms with Gasteiger partial charge >= 0.3 is 0 Å². The van der Waals surface area contributed by atoms with E-state index in [1.807, 2.05) is 24.1 Å². The number of anilines is 1. The van der Waals surface area contributed by atoms with E-state index >= 15 is 0 Å². The van der Waals surface area contributed by atoms with Crippen LogP contribution in [0.2, 0.25) is 0 Å². The van der Waals surface area contributed by atoms with Gasteiger partial charge in [-0.3, -0.25) is 4.98 Å². The topological polar surface area (TPSA) is 41.9 Å². The first-order chi connectivity index (χ1) is 8.79. The summed E-state index contributed by atoms with van der Waals surface area (Å²) >= 11 is 5.70. The lowest BCUT2D eigenvalue weighted by Gasteiger charge is -2.16. The molecule has 0 bridgehead atoms. The van der Waals surface area contributed by atoms with Crippen molar-refractivity contribution in [2.45, 2.75) is 12.3 Å². The third kappa shape index (κ3) is 3.40. The zero-order valence-corrected chi connectivity index (χ0v) is 11.0. The van der Waals surface area contributed by atoms with Gasteiger partial charge in [0.25, 0.3) is 0 Å². The Kier molecular flexibility index (Phi) is 4.47. The van der Waals surface area contributed by atoms with Crippen LogP contribution in [0.5, 0.6) is 0 Å². The Labute approximate surface area is 112 Å². The molecule has 0 amide bonds. The molecule has 2 heterocycles. The molecule has 0 saturated heterocycles. The summed E-state index contributed by atoms with van der Waals surface area (Å²) < 4.78 is 0. The molecule has 0 fully saturated rings. The van der Waals surface area contributed by atoms with E-state index in [9.17, 15) is 0 Å². The average Bonchev–Trinajstić information content (AvgIpc) is 2.46. The van der Waals surface area contributed by atoms with Gasteiger partial charge in [0.1, 0.15) is 0 Å². The van der Waals surface area contributed by atoms with Crippen LogP contribution in [0, 0.1) is 0 Å². The van der Waals surface area contributed by atoms with Crippen molar-refractivity contribution >= 4 is 17.5 Å². The molecule has 0 radical (unpaired) electrons. The standard InChI is InChI=1S/C13H15ClN4/c1-18(7-4-11-2-5-15-6-3-11)13-16-9-12(8-14)10-17-13/h2-3,5-6,9-10H,4,7-8H2,1H3. The predicted octanol–water partition coefficient (Wildman–Crippen LogP) is 2.29. The zero-order chi connectivity index (χ0) is 12.8. The normalized spacial score (nSPS) is 10.3. The number of hydrogen-bond acceptors (Lipinski definition) is 4. The van der Waals surface area contributed by atoms with Gasteiger partial charge < -0.3 is 4.90 Å². The van der Waals surface area contributed by atoms with Gasteiger partial charge in [-0.15, -0.1) is 11.6 Å². The van der Waals surface area contributed by atoms with Crippen LogP contribution < -0.4 is 4.90 Å². The Bertz CT molecular complexity index is 472. The second kappa shape index (κ2) is 6.31. The van der Waals surface area contributed by atoms with Crippen molar-refractivity contribution in [1.29, 1.82) is 0 Å². The molecule has 0 aromatic carbocycles. The highest BCUT2D eigenvalue weighted by molar-refractivity contribution is 6.17. The molecule has 5 heteroatoms. The molecule has 0 aliphatic heterocycles. The van der Waals surface area contributed by atoms with E-state index < -0.39 is 0 Å². The Hall–Kier alpha value is -1.68. The summed E-state index contributed by atoms with van der Waals surface area (Å²) in [7, 11) is 1.98. The van der Waals surface area contributed by atoms with Crippen LogP contribution in [0.25, 0.3) is 0 Å². The van der Waals surface area contributed by atoms with Crippen molar-refractivity contribution in [1.82, 2.24) is 15.0 Å². The summed E-state index contributed by atoms with van der Waals surface area (Å²) in [4.78, 5) is 14.6. The quantitative estimate of drug-likeness (QED) is 0.776. The van der Waals surface area contributed by atoms with E-state index in [0.29, 0.717) is 5.88 Å². The molecular weight excluding hydrogens is 248 g/mol. The minimum atomic E-state index is 0.445. The summed E-state index contributed by atoms with van der Waals surface area (Å²) in [6, 6.07) is 4.04. The smallest absolute Gasteiger partial charge is 0.225 e. The largest absolute Gasteiger partial charge is 0.344 e. The van der Waals surface area contributed by atoms with Crippen molar-refractivity contribution in [3.8, 4) is 0 Å². The molecule has 18 heavy (non-hydrogen) atoms. The lowest BCUT2D eigenvalue weighted by Crippen LogP contribution is -2.22. The minimum absolute atomic E-state index is 0.445. The fourth-order valence-electron chi connectivity index (χ4n) is 1.56. The number of likely N-dealkylation sites (N-methyl/N-ethyl adjacent to an activating group) is 1.